The molecule has 0 atom stereocenters. The molecule has 0 aromatic heterocycles. The first kappa shape index (κ1) is 9.48. The van der Waals surface area contributed by atoms with Crippen LogP contribution in [0.2, 0.25) is 0 Å². The van der Waals surface area contributed by atoms with Crippen molar-refractivity contribution in [3.63, 3.8) is 0 Å². The zero-order chi connectivity index (χ0) is 7.82. The fraction of sp³-hybridized carbons (Fsp3) is 0.600. The second kappa shape index (κ2) is 6.60. The van der Waals surface area contributed by atoms with E-state index in [1.165, 1.54) is 24.8 Å². The smallest absolute Gasteiger partial charge is 0.0348 e. The van der Waals surface area contributed by atoms with E-state index in [-0.39, 0.29) is 0 Å². The van der Waals surface area contributed by atoms with Crippen molar-refractivity contribution in [1.29, 1.82) is 0 Å². The first-order valence-electron chi connectivity index (χ1n) is 4.07. The van der Waals surface area contributed by atoms with Crippen molar-refractivity contribution in [2.75, 3.05) is 0 Å². The van der Waals surface area contributed by atoms with Crippen LogP contribution >= 0.6 is 0 Å². The lowest BCUT2D eigenvalue weighted by Crippen LogP contribution is -1.66. The van der Waals surface area contributed by atoms with Gasteiger partial charge in [-0.15, -0.1) is 0 Å². The molecule has 0 aliphatic rings. The summed E-state index contributed by atoms with van der Waals surface area (Å²) >= 11 is 0. The maximum Gasteiger partial charge on any atom is -0.0348 e. The fourth-order valence-corrected chi connectivity index (χ4v) is 0.679. The van der Waals surface area contributed by atoms with Gasteiger partial charge in [0.05, 0.1) is 0 Å². The van der Waals surface area contributed by atoms with Gasteiger partial charge in [0.25, 0.3) is 0 Å². The Labute approximate surface area is 64.6 Å². The lowest BCUT2D eigenvalue weighted by molar-refractivity contribution is 0.815. The molecule has 0 heterocycles. The number of hydrogen-bond acceptors (Lipinski definition) is 0. The van der Waals surface area contributed by atoms with E-state index in [1.54, 1.807) is 0 Å². The maximum atomic E-state index is 2.23. The van der Waals surface area contributed by atoms with Crippen molar-refractivity contribution < 1.29 is 0 Å². The second-order valence-corrected chi connectivity index (χ2v) is 2.81. The van der Waals surface area contributed by atoms with Gasteiger partial charge < -0.3 is 0 Å². The molecule has 0 N–H and O–H groups in total. The molecule has 0 rings (SSSR count). The van der Waals surface area contributed by atoms with Crippen LogP contribution in [0.5, 0.6) is 0 Å². The monoisotopic (exact) mass is 138 g/mol. The predicted octanol–water partition coefficient (Wildman–Crippen LogP) is 3.70. The Morgan fingerprint density at radius 2 is 2.00 bits per heavy atom. The topological polar surface area (TPSA) is 0 Å². The molecule has 0 unspecified atom stereocenters. The molecule has 0 heteroatoms. The molecular weight excluding hydrogens is 120 g/mol. The molecule has 0 radical (unpaired) electrons. The van der Waals surface area contributed by atoms with Gasteiger partial charge >= 0.3 is 0 Å². The van der Waals surface area contributed by atoms with Crippen molar-refractivity contribution in [1.82, 2.24) is 0 Å². The van der Waals surface area contributed by atoms with Crippen LogP contribution in [-0.4, -0.2) is 0 Å². The number of rotatable bonds is 4. The molecule has 58 valence electrons. The summed E-state index contributed by atoms with van der Waals surface area (Å²) in [5, 5.41) is 0. The van der Waals surface area contributed by atoms with Gasteiger partial charge in [0.1, 0.15) is 0 Å². The molecule has 0 bridgehead atoms. The number of unbranched alkanes of at least 4 members (excludes halogenated alkanes) is 2. The predicted molar refractivity (Wildman–Crippen MR) is 48.1 cm³/mol. The van der Waals surface area contributed by atoms with Crippen LogP contribution in [0.4, 0.5) is 0 Å². The molecule has 0 aromatic rings. The lowest BCUT2D eigenvalue weighted by atomic mass is 10.2. The van der Waals surface area contributed by atoms with E-state index in [9.17, 15) is 0 Å². The standard InChI is InChI=1S/C10H18/c1-4-5-6-7-8-9-10(2)3/h7-9H,4-6H2,1-3H3/b8-7+. The normalized spacial score (nSPS) is 10.3. The molecule has 0 fully saturated rings. The molecular formula is C10H18. The van der Waals surface area contributed by atoms with Gasteiger partial charge in [-0.05, 0) is 20.3 Å². The third kappa shape index (κ3) is 7.48. The van der Waals surface area contributed by atoms with Gasteiger partial charge in [-0.3, -0.25) is 0 Å². The Balaban J connectivity index is 3.29. The third-order valence-electron chi connectivity index (χ3n) is 1.29. The summed E-state index contributed by atoms with van der Waals surface area (Å²) < 4.78 is 0. The van der Waals surface area contributed by atoms with Crippen LogP contribution in [0.1, 0.15) is 40.0 Å². The second-order valence-electron chi connectivity index (χ2n) is 2.81. The Morgan fingerprint density at radius 1 is 1.30 bits per heavy atom. The molecule has 0 spiro atoms. The minimum atomic E-state index is 1.22. The summed E-state index contributed by atoms with van der Waals surface area (Å²) in [4.78, 5) is 0. The summed E-state index contributed by atoms with van der Waals surface area (Å²) in [6.07, 6.45) is 10.4. The molecule has 0 amide bonds. The minimum Gasteiger partial charge on any atom is -0.0845 e. The molecule has 0 aliphatic heterocycles. The zero-order valence-corrected chi connectivity index (χ0v) is 7.35. The Hall–Kier alpha value is -0.520. The highest BCUT2D eigenvalue weighted by Gasteiger charge is 1.75. The lowest BCUT2D eigenvalue weighted by Gasteiger charge is -1.86. The van der Waals surface area contributed by atoms with Crippen molar-refractivity contribution in [2.24, 2.45) is 0 Å². The van der Waals surface area contributed by atoms with Gasteiger partial charge in [-0.25, -0.2) is 0 Å². The highest BCUT2D eigenvalue weighted by Crippen LogP contribution is 1.96. The molecule has 0 aromatic carbocycles. The quantitative estimate of drug-likeness (QED) is 0.410. The third-order valence-corrected chi connectivity index (χ3v) is 1.29. The zero-order valence-electron chi connectivity index (χ0n) is 7.35. The summed E-state index contributed by atoms with van der Waals surface area (Å²) in [6, 6.07) is 0. The Bertz CT molecular complexity index is 114. The van der Waals surface area contributed by atoms with Crippen LogP contribution in [0, 0.1) is 0 Å². The molecule has 10 heavy (non-hydrogen) atoms. The van der Waals surface area contributed by atoms with Crippen LogP contribution < -0.4 is 0 Å². The van der Waals surface area contributed by atoms with Crippen molar-refractivity contribution in [3.8, 4) is 0 Å². The highest BCUT2D eigenvalue weighted by molar-refractivity contribution is 5.07. The van der Waals surface area contributed by atoms with Crippen molar-refractivity contribution >= 4 is 0 Å². The summed E-state index contributed by atoms with van der Waals surface area (Å²) in [5.41, 5.74) is 1.37. The maximum absolute atomic E-state index is 2.23. The fourth-order valence-electron chi connectivity index (χ4n) is 0.679. The van der Waals surface area contributed by atoms with Crippen molar-refractivity contribution in [2.45, 2.75) is 40.0 Å². The van der Waals surface area contributed by atoms with Gasteiger partial charge in [-0.2, -0.15) is 0 Å². The number of allylic oxidation sites excluding steroid dienone is 4. The van der Waals surface area contributed by atoms with E-state index in [0.29, 0.717) is 0 Å². The van der Waals surface area contributed by atoms with E-state index in [1.807, 2.05) is 0 Å². The summed E-state index contributed by atoms with van der Waals surface area (Å²) in [5.74, 6) is 0. The Morgan fingerprint density at radius 3 is 2.50 bits per heavy atom. The molecule has 0 nitrogen and oxygen atoms in total. The van der Waals surface area contributed by atoms with E-state index in [2.05, 4.69) is 39.0 Å². The van der Waals surface area contributed by atoms with Gasteiger partial charge in [0.2, 0.25) is 0 Å². The Kier molecular flexibility index (Phi) is 6.25. The number of hydrogen-bond donors (Lipinski definition) is 0. The van der Waals surface area contributed by atoms with Crippen LogP contribution in [-0.2, 0) is 0 Å². The van der Waals surface area contributed by atoms with Gasteiger partial charge in [0, 0.05) is 0 Å². The van der Waals surface area contributed by atoms with E-state index < -0.39 is 0 Å². The minimum absolute atomic E-state index is 1.22. The summed E-state index contributed by atoms with van der Waals surface area (Å²) in [6.45, 7) is 6.45. The average Bonchev–Trinajstić information content (AvgIpc) is 1.87. The van der Waals surface area contributed by atoms with Crippen LogP contribution in [0.3, 0.4) is 0 Å². The first-order valence-corrected chi connectivity index (χ1v) is 4.07. The van der Waals surface area contributed by atoms with E-state index in [4.69, 9.17) is 0 Å². The van der Waals surface area contributed by atoms with E-state index >= 15 is 0 Å². The first-order chi connectivity index (χ1) is 4.77. The van der Waals surface area contributed by atoms with Crippen molar-refractivity contribution in [3.05, 3.63) is 23.8 Å². The molecule has 0 saturated carbocycles. The van der Waals surface area contributed by atoms with Crippen LogP contribution in [0.15, 0.2) is 23.8 Å². The van der Waals surface area contributed by atoms with Crippen LogP contribution in [0.25, 0.3) is 0 Å². The molecule has 0 saturated heterocycles. The SMILES string of the molecule is CCCC/C=C/C=C(C)C. The largest absolute Gasteiger partial charge is 0.0845 e. The average molecular weight is 138 g/mol. The van der Waals surface area contributed by atoms with Gasteiger partial charge in [-0.1, -0.05) is 43.6 Å². The summed E-state index contributed by atoms with van der Waals surface area (Å²) in [7, 11) is 0. The molecule has 0 aliphatic carbocycles. The van der Waals surface area contributed by atoms with Gasteiger partial charge in [0.15, 0.2) is 0 Å². The highest BCUT2D eigenvalue weighted by atomic mass is 13.8. The van der Waals surface area contributed by atoms with E-state index in [0.717, 1.165) is 0 Å².